The van der Waals surface area contributed by atoms with Crippen molar-refractivity contribution in [2.24, 2.45) is 0 Å². The Morgan fingerprint density at radius 2 is 1.94 bits per heavy atom. The summed E-state index contributed by atoms with van der Waals surface area (Å²) in [6, 6.07) is 8.64. The fraction of sp³-hybridized carbons (Fsp3) is 0.357. The Labute approximate surface area is 111 Å². The fourth-order valence-electron chi connectivity index (χ4n) is 2.52. The van der Waals surface area contributed by atoms with E-state index in [4.69, 9.17) is 0 Å². The minimum atomic E-state index is 0.184. The zero-order valence-electron chi connectivity index (χ0n) is 10.4. The average Bonchev–Trinajstić information content (AvgIpc) is 2.87. The summed E-state index contributed by atoms with van der Waals surface area (Å²) >= 11 is 1.78. The van der Waals surface area contributed by atoms with Gasteiger partial charge in [-0.25, -0.2) is 0 Å². The Morgan fingerprint density at radius 3 is 2.67 bits per heavy atom. The van der Waals surface area contributed by atoms with Crippen LogP contribution in [0.2, 0.25) is 0 Å². The minimum absolute atomic E-state index is 0.184. The molecule has 0 atom stereocenters. The number of benzene rings is 1. The van der Waals surface area contributed by atoms with Crippen LogP contribution in [0.4, 0.5) is 5.69 Å². The number of nitrogens with zero attached hydrogens (tertiary/aromatic N) is 2. The van der Waals surface area contributed by atoms with Crippen molar-refractivity contribution in [1.29, 1.82) is 0 Å². The van der Waals surface area contributed by atoms with Gasteiger partial charge in [0.15, 0.2) is 0 Å². The van der Waals surface area contributed by atoms with Gasteiger partial charge in [0.25, 0.3) is 0 Å². The largest absolute Gasteiger partial charge is 0.367 e. The van der Waals surface area contributed by atoms with Gasteiger partial charge in [-0.2, -0.15) is 0 Å². The molecule has 1 aliphatic rings. The third-order valence-corrected chi connectivity index (χ3v) is 4.42. The topological polar surface area (TPSA) is 23.6 Å². The van der Waals surface area contributed by atoms with Gasteiger partial charge in [0.1, 0.15) is 0 Å². The van der Waals surface area contributed by atoms with E-state index in [0.717, 1.165) is 26.2 Å². The maximum absolute atomic E-state index is 11.3. The van der Waals surface area contributed by atoms with Crippen molar-refractivity contribution in [3.05, 3.63) is 29.6 Å². The van der Waals surface area contributed by atoms with E-state index < -0.39 is 0 Å². The number of thiophene rings is 1. The molecule has 0 bridgehead atoms. The second-order valence-electron chi connectivity index (χ2n) is 4.60. The molecule has 2 aromatic rings. The van der Waals surface area contributed by atoms with Crippen LogP contribution in [-0.2, 0) is 4.79 Å². The quantitative estimate of drug-likeness (QED) is 0.787. The molecule has 94 valence electrons. The van der Waals surface area contributed by atoms with Crippen LogP contribution in [0.15, 0.2) is 29.6 Å². The van der Waals surface area contributed by atoms with Gasteiger partial charge in [-0.05, 0) is 23.6 Å². The molecule has 1 aromatic heterocycles. The predicted molar refractivity (Wildman–Crippen MR) is 76.3 cm³/mol. The first-order chi connectivity index (χ1) is 8.75. The van der Waals surface area contributed by atoms with Crippen molar-refractivity contribution in [2.75, 3.05) is 31.1 Å². The van der Waals surface area contributed by atoms with Crippen LogP contribution in [-0.4, -0.2) is 37.0 Å². The lowest BCUT2D eigenvalue weighted by atomic mass is 10.2. The van der Waals surface area contributed by atoms with Gasteiger partial charge < -0.3 is 9.80 Å². The number of carbonyl (C=O) groups excluding carboxylic acids is 1. The molecular formula is C14H16N2OS. The lowest BCUT2D eigenvalue weighted by Crippen LogP contribution is -2.48. The number of piperazine rings is 1. The maximum Gasteiger partial charge on any atom is 0.219 e. The number of fused-ring (bicyclic) bond motifs is 1. The average molecular weight is 260 g/mol. The first-order valence-corrected chi connectivity index (χ1v) is 7.10. The molecule has 0 N–H and O–H groups in total. The molecule has 3 nitrogen and oxygen atoms in total. The maximum atomic E-state index is 11.3. The van der Waals surface area contributed by atoms with E-state index in [0.29, 0.717) is 0 Å². The Morgan fingerprint density at radius 1 is 1.17 bits per heavy atom. The molecule has 0 saturated carbocycles. The molecule has 18 heavy (non-hydrogen) atoms. The Hall–Kier alpha value is -1.55. The molecule has 0 spiro atoms. The second-order valence-corrected chi connectivity index (χ2v) is 5.55. The normalized spacial score (nSPS) is 16.3. The molecule has 0 radical (unpaired) electrons. The summed E-state index contributed by atoms with van der Waals surface area (Å²) in [5, 5.41) is 3.47. The molecule has 1 saturated heterocycles. The van der Waals surface area contributed by atoms with Crippen molar-refractivity contribution in [3.63, 3.8) is 0 Å². The molecule has 1 aliphatic heterocycles. The number of hydrogen-bond donors (Lipinski definition) is 0. The van der Waals surface area contributed by atoms with Crippen LogP contribution in [0.25, 0.3) is 10.1 Å². The van der Waals surface area contributed by atoms with Crippen LogP contribution in [0.1, 0.15) is 6.92 Å². The highest BCUT2D eigenvalue weighted by molar-refractivity contribution is 7.17. The van der Waals surface area contributed by atoms with Gasteiger partial charge in [-0.1, -0.05) is 6.07 Å². The van der Waals surface area contributed by atoms with Crippen LogP contribution in [0.3, 0.4) is 0 Å². The van der Waals surface area contributed by atoms with E-state index >= 15 is 0 Å². The third kappa shape index (κ3) is 1.97. The zero-order valence-corrected chi connectivity index (χ0v) is 11.2. The van der Waals surface area contributed by atoms with Crippen molar-refractivity contribution >= 4 is 33.0 Å². The van der Waals surface area contributed by atoms with E-state index in [1.807, 2.05) is 4.90 Å². The summed E-state index contributed by atoms with van der Waals surface area (Å²) < 4.78 is 1.33. The van der Waals surface area contributed by atoms with Crippen molar-refractivity contribution in [1.82, 2.24) is 4.90 Å². The van der Waals surface area contributed by atoms with Gasteiger partial charge in [0.2, 0.25) is 5.91 Å². The van der Waals surface area contributed by atoms with Gasteiger partial charge in [-0.3, -0.25) is 4.79 Å². The molecular weight excluding hydrogens is 244 g/mol. The highest BCUT2D eigenvalue weighted by atomic mass is 32.1. The van der Waals surface area contributed by atoms with Crippen LogP contribution in [0.5, 0.6) is 0 Å². The molecule has 1 amide bonds. The Balaban J connectivity index is 1.84. The monoisotopic (exact) mass is 260 g/mol. The van der Waals surface area contributed by atoms with Gasteiger partial charge in [0, 0.05) is 48.9 Å². The molecule has 4 heteroatoms. The molecule has 2 heterocycles. The molecule has 1 aromatic carbocycles. The number of amides is 1. The first-order valence-electron chi connectivity index (χ1n) is 6.22. The number of carbonyl (C=O) groups is 1. The van der Waals surface area contributed by atoms with E-state index in [1.54, 1.807) is 18.3 Å². The smallest absolute Gasteiger partial charge is 0.219 e. The molecule has 0 unspecified atom stereocenters. The van der Waals surface area contributed by atoms with E-state index in [-0.39, 0.29) is 5.91 Å². The molecule has 0 aliphatic carbocycles. The standard InChI is InChI=1S/C14H16N2OS/c1-11(17)15-6-8-16(9-7-15)13-3-2-4-14-12(13)5-10-18-14/h2-5,10H,6-9H2,1H3. The van der Waals surface area contributed by atoms with Gasteiger partial charge >= 0.3 is 0 Å². The molecule has 3 rings (SSSR count). The summed E-state index contributed by atoms with van der Waals surface area (Å²) in [7, 11) is 0. The highest BCUT2D eigenvalue weighted by Gasteiger charge is 2.19. The fourth-order valence-corrected chi connectivity index (χ4v) is 3.32. The lowest BCUT2D eigenvalue weighted by molar-refractivity contribution is -0.129. The first kappa shape index (κ1) is 11.5. The summed E-state index contributed by atoms with van der Waals surface area (Å²) in [6.07, 6.45) is 0. The number of hydrogen-bond acceptors (Lipinski definition) is 3. The third-order valence-electron chi connectivity index (χ3n) is 3.54. The van der Waals surface area contributed by atoms with Crippen molar-refractivity contribution in [2.45, 2.75) is 6.92 Å². The minimum Gasteiger partial charge on any atom is -0.367 e. The van der Waals surface area contributed by atoms with Gasteiger partial charge in [0.05, 0.1) is 0 Å². The Bertz CT molecular complexity index is 570. The van der Waals surface area contributed by atoms with Crippen LogP contribution in [0, 0.1) is 0 Å². The lowest BCUT2D eigenvalue weighted by Gasteiger charge is -2.36. The summed E-state index contributed by atoms with van der Waals surface area (Å²) in [5.41, 5.74) is 1.30. The summed E-state index contributed by atoms with van der Waals surface area (Å²) in [4.78, 5) is 15.6. The second kappa shape index (κ2) is 4.61. The summed E-state index contributed by atoms with van der Waals surface area (Å²) in [5.74, 6) is 0.184. The van der Waals surface area contributed by atoms with E-state index in [2.05, 4.69) is 34.5 Å². The number of anilines is 1. The van der Waals surface area contributed by atoms with E-state index in [1.165, 1.54) is 15.8 Å². The highest BCUT2D eigenvalue weighted by Crippen LogP contribution is 2.30. The Kier molecular flexibility index (Phi) is 2.96. The SMILES string of the molecule is CC(=O)N1CCN(c2cccc3sccc23)CC1. The predicted octanol–water partition coefficient (Wildman–Crippen LogP) is 2.57. The van der Waals surface area contributed by atoms with E-state index in [9.17, 15) is 4.79 Å². The van der Waals surface area contributed by atoms with Gasteiger partial charge in [-0.15, -0.1) is 11.3 Å². The summed E-state index contributed by atoms with van der Waals surface area (Å²) in [6.45, 7) is 5.16. The number of rotatable bonds is 1. The van der Waals surface area contributed by atoms with Crippen LogP contribution >= 0.6 is 11.3 Å². The molecule has 1 fully saturated rings. The zero-order chi connectivity index (χ0) is 12.5. The van der Waals surface area contributed by atoms with Crippen LogP contribution < -0.4 is 4.90 Å². The van der Waals surface area contributed by atoms with Crippen molar-refractivity contribution < 1.29 is 4.79 Å². The van der Waals surface area contributed by atoms with Crippen molar-refractivity contribution in [3.8, 4) is 0 Å².